The topological polar surface area (TPSA) is 141 Å². The molecule has 0 saturated carbocycles. The van der Waals surface area contributed by atoms with Crippen molar-refractivity contribution in [1.29, 1.82) is 0 Å². The van der Waals surface area contributed by atoms with Crippen molar-refractivity contribution in [2.24, 2.45) is 0 Å². The van der Waals surface area contributed by atoms with Gasteiger partial charge < -0.3 is 10.1 Å². The lowest BCUT2D eigenvalue weighted by molar-refractivity contribution is -0.144. The molecule has 0 aliphatic heterocycles. The van der Waals surface area contributed by atoms with Gasteiger partial charge in [0.2, 0.25) is 0 Å². The number of H-pyrrole nitrogens is 1. The molecule has 1 unspecified atom stereocenters. The van der Waals surface area contributed by atoms with Crippen molar-refractivity contribution in [2.75, 3.05) is 6.61 Å². The summed E-state index contributed by atoms with van der Waals surface area (Å²) in [6.45, 7) is 4.99. The number of tetrazole rings is 1. The lowest BCUT2D eigenvalue weighted by atomic mass is 10.0. The zero-order valence-corrected chi connectivity index (χ0v) is 27.4. The van der Waals surface area contributed by atoms with Crippen molar-refractivity contribution >= 4 is 23.5 Å². The fourth-order valence-electron chi connectivity index (χ4n) is 5.36. The van der Waals surface area contributed by atoms with E-state index in [1.807, 2.05) is 71.5 Å². The average molecular weight is 655 g/mol. The Kier molecular flexibility index (Phi) is 11.8. The van der Waals surface area contributed by atoms with Crippen LogP contribution in [0.3, 0.4) is 0 Å². The summed E-state index contributed by atoms with van der Waals surface area (Å²) >= 11 is 6.43. The molecule has 0 fully saturated rings. The molecule has 244 valence electrons. The van der Waals surface area contributed by atoms with Gasteiger partial charge >= 0.3 is 5.97 Å². The van der Waals surface area contributed by atoms with Gasteiger partial charge in [-0.1, -0.05) is 93.2 Å². The summed E-state index contributed by atoms with van der Waals surface area (Å²) in [5.41, 5.74) is 5.52. The summed E-state index contributed by atoms with van der Waals surface area (Å²) < 4.78 is 7.30. The second-order valence-corrected chi connectivity index (χ2v) is 11.8. The quantitative estimate of drug-likeness (QED) is 0.0941. The molecule has 5 aromatic rings. The number of nitrogens with zero attached hydrogens (tertiary/aromatic N) is 6. The number of halogens is 1. The standard InChI is InChI=1S/C35H39ClN8O3/c1-3-5-10-18-47-33(45)20-26(19-25-12-6-9-15-30(25)36)38-35(46)32-21-27(11-4-2)44(41-32)23-24-16-17-31(37-22-24)28-13-7-8-14-29(28)34-39-42-43-40-34/h6-9,12-17,21-22,26H,3-5,10-11,18-20,23H2,1-2H3,(H,38,46)(H,39,40,42,43). The first-order valence-electron chi connectivity index (χ1n) is 16.0. The summed E-state index contributed by atoms with van der Waals surface area (Å²) in [6.07, 6.45) is 6.70. The highest BCUT2D eigenvalue weighted by atomic mass is 35.5. The van der Waals surface area contributed by atoms with Gasteiger partial charge in [-0.3, -0.25) is 19.3 Å². The predicted molar refractivity (Wildman–Crippen MR) is 180 cm³/mol. The van der Waals surface area contributed by atoms with Gasteiger partial charge in [-0.25, -0.2) is 5.10 Å². The van der Waals surface area contributed by atoms with Gasteiger partial charge in [-0.15, -0.1) is 5.10 Å². The molecule has 1 atom stereocenters. The van der Waals surface area contributed by atoms with Crippen LogP contribution in [0.5, 0.6) is 0 Å². The molecule has 3 aromatic heterocycles. The SMILES string of the molecule is CCCCCOC(=O)CC(Cc1ccccc1Cl)NC(=O)c1cc(CCC)n(Cc2ccc(-c3ccccc3-c3nnn[nH]3)nc2)n1. The van der Waals surface area contributed by atoms with Gasteiger partial charge in [0.25, 0.3) is 5.91 Å². The van der Waals surface area contributed by atoms with Crippen LogP contribution in [0, 0.1) is 0 Å². The Hall–Kier alpha value is -4.90. The highest BCUT2D eigenvalue weighted by Crippen LogP contribution is 2.28. The van der Waals surface area contributed by atoms with E-state index in [0.717, 1.165) is 65.7 Å². The minimum Gasteiger partial charge on any atom is -0.466 e. The summed E-state index contributed by atoms with van der Waals surface area (Å²) in [5, 5.41) is 22.5. The fourth-order valence-corrected chi connectivity index (χ4v) is 5.57. The second-order valence-electron chi connectivity index (χ2n) is 11.4. The Labute approximate surface area is 279 Å². The maximum Gasteiger partial charge on any atom is 0.307 e. The number of nitrogens with one attached hydrogen (secondary N) is 2. The first kappa shape index (κ1) is 33.5. The molecule has 11 nitrogen and oxygen atoms in total. The van der Waals surface area contributed by atoms with Gasteiger partial charge in [0.05, 0.1) is 25.3 Å². The van der Waals surface area contributed by atoms with Gasteiger partial charge in [-0.05, 0) is 59.0 Å². The largest absolute Gasteiger partial charge is 0.466 e. The average Bonchev–Trinajstić information content (AvgIpc) is 3.76. The first-order valence-corrected chi connectivity index (χ1v) is 16.4. The van der Waals surface area contributed by atoms with E-state index < -0.39 is 6.04 Å². The van der Waals surface area contributed by atoms with E-state index in [1.54, 1.807) is 6.07 Å². The van der Waals surface area contributed by atoms with Crippen molar-refractivity contribution in [3.63, 3.8) is 0 Å². The number of rotatable bonds is 16. The van der Waals surface area contributed by atoms with Gasteiger partial charge in [0, 0.05) is 34.1 Å². The van der Waals surface area contributed by atoms with Crippen LogP contribution >= 0.6 is 11.6 Å². The summed E-state index contributed by atoms with van der Waals surface area (Å²) in [7, 11) is 0. The van der Waals surface area contributed by atoms with Crippen LogP contribution in [-0.2, 0) is 28.9 Å². The maximum absolute atomic E-state index is 13.6. The number of pyridine rings is 1. The fraction of sp³-hybridized carbons (Fsp3) is 0.343. The number of esters is 1. The van der Waals surface area contributed by atoms with Crippen LogP contribution in [-0.4, -0.2) is 59.9 Å². The van der Waals surface area contributed by atoms with Crippen molar-refractivity contribution in [1.82, 2.24) is 40.7 Å². The molecule has 2 N–H and O–H groups in total. The Morgan fingerprint density at radius 2 is 1.81 bits per heavy atom. The second kappa shape index (κ2) is 16.6. The molecule has 47 heavy (non-hydrogen) atoms. The molecule has 12 heteroatoms. The number of ether oxygens (including phenoxy) is 1. The van der Waals surface area contributed by atoms with E-state index in [9.17, 15) is 9.59 Å². The maximum atomic E-state index is 13.6. The molecule has 2 aromatic carbocycles. The van der Waals surface area contributed by atoms with E-state index >= 15 is 0 Å². The third kappa shape index (κ3) is 9.10. The van der Waals surface area contributed by atoms with Crippen molar-refractivity contribution in [2.45, 2.75) is 71.4 Å². The number of carbonyl (C=O) groups excluding carboxylic acids is 2. The van der Waals surface area contributed by atoms with Crippen molar-refractivity contribution in [3.8, 4) is 22.6 Å². The van der Waals surface area contributed by atoms with Crippen LogP contribution < -0.4 is 5.32 Å². The molecule has 5 rings (SSSR count). The predicted octanol–water partition coefficient (Wildman–Crippen LogP) is 6.24. The molecule has 0 aliphatic rings. The number of aryl methyl sites for hydroxylation is 1. The number of amides is 1. The first-order chi connectivity index (χ1) is 22.9. The summed E-state index contributed by atoms with van der Waals surface area (Å²) in [6, 6.07) is 20.5. The van der Waals surface area contributed by atoms with Crippen LogP contribution in [0.15, 0.2) is 72.9 Å². The Morgan fingerprint density at radius 1 is 1.00 bits per heavy atom. The molecule has 3 heterocycles. The highest BCUT2D eigenvalue weighted by Gasteiger charge is 2.22. The number of carbonyl (C=O) groups is 2. The molecule has 0 radical (unpaired) electrons. The van der Waals surface area contributed by atoms with Gasteiger partial charge in [-0.2, -0.15) is 5.10 Å². The lowest BCUT2D eigenvalue weighted by Crippen LogP contribution is -2.38. The van der Waals surface area contributed by atoms with E-state index in [-0.39, 0.29) is 24.0 Å². The number of hydrogen-bond acceptors (Lipinski definition) is 8. The summed E-state index contributed by atoms with van der Waals surface area (Å²) in [4.78, 5) is 31.0. The monoisotopic (exact) mass is 654 g/mol. The van der Waals surface area contributed by atoms with Crippen molar-refractivity contribution < 1.29 is 14.3 Å². The van der Waals surface area contributed by atoms with Crippen LogP contribution in [0.4, 0.5) is 0 Å². The Morgan fingerprint density at radius 3 is 2.53 bits per heavy atom. The molecular formula is C35H39ClN8O3. The number of aromatic amines is 1. The number of unbranched alkanes of at least 4 members (excludes halogenated alkanes) is 2. The third-order valence-electron chi connectivity index (χ3n) is 7.75. The molecule has 0 aliphatic carbocycles. The highest BCUT2D eigenvalue weighted by molar-refractivity contribution is 6.31. The number of hydrogen-bond donors (Lipinski definition) is 2. The van der Waals surface area contributed by atoms with E-state index in [1.165, 1.54) is 0 Å². The van der Waals surface area contributed by atoms with E-state index in [4.69, 9.17) is 21.3 Å². The normalized spacial score (nSPS) is 11.7. The van der Waals surface area contributed by atoms with E-state index in [0.29, 0.717) is 30.4 Å². The molecule has 0 bridgehead atoms. The minimum atomic E-state index is -0.520. The minimum absolute atomic E-state index is 0.0275. The zero-order valence-electron chi connectivity index (χ0n) is 26.7. The number of benzene rings is 2. The Bertz CT molecular complexity index is 1750. The molecule has 0 spiro atoms. The van der Waals surface area contributed by atoms with Crippen LogP contribution in [0.2, 0.25) is 5.02 Å². The molecule has 0 saturated heterocycles. The van der Waals surface area contributed by atoms with Gasteiger partial charge in [0.15, 0.2) is 5.82 Å². The summed E-state index contributed by atoms with van der Waals surface area (Å²) in [5.74, 6) is -0.147. The molecule has 1 amide bonds. The van der Waals surface area contributed by atoms with Gasteiger partial charge in [0.1, 0.15) is 5.69 Å². The zero-order chi connectivity index (χ0) is 33.0. The van der Waals surface area contributed by atoms with E-state index in [2.05, 4.69) is 44.9 Å². The third-order valence-corrected chi connectivity index (χ3v) is 8.11. The Balaban J connectivity index is 1.31. The number of aromatic nitrogens is 7. The van der Waals surface area contributed by atoms with Crippen LogP contribution in [0.1, 0.15) is 73.3 Å². The van der Waals surface area contributed by atoms with Crippen LogP contribution in [0.25, 0.3) is 22.6 Å². The molecular weight excluding hydrogens is 616 g/mol. The smallest absolute Gasteiger partial charge is 0.307 e. The lowest BCUT2D eigenvalue weighted by Gasteiger charge is -2.18. The van der Waals surface area contributed by atoms with Crippen molar-refractivity contribution in [3.05, 3.63) is 100 Å².